The summed E-state index contributed by atoms with van der Waals surface area (Å²) in [6.45, 7) is 12.4. The average molecular weight is 433 g/mol. The maximum absolute atomic E-state index is 6.55. The van der Waals surface area contributed by atoms with Crippen LogP contribution in [-0.2, 0) is 27.2 Å². The molecule has 5 rings (SSSR count). The van der Waals surface area contributed by atoms with Crippen molar-refractivity contribution in [3.8, 4) is 0 Å². The van der Waals surface area contributed by atoms with Crippen LogP contribution in [0.5, 0.6) is 0 Å². The Morgan fingerprint density at radius 2 is 1.44 bits per heavy atom. The van der Waals surface area contributed by atoms with Crippen molar-refractivity contribution in [3.63, 3.8) is 0 Å². The highest BCUT2D eigenvalue weighted by atomic mass is 16.7. The third kappa shape index (κ3) is 4.16. The molecule has 1 saturated carbocycles. The first kappa shape index (κ1) is 22.2. The summed E-state index contributed by atoms with van der Waals surface area (Å²) in [6.07, 6.45) is 2.48. The monoisotopic (exact) mass is 433 g/mol. The Morgan fingerprint density at radius 3 is 2.03 bits per heavy atom. The van der Waals surface area contributed by atoms with Crippen LogP contribution in [0.4, 0.5) is 0 Å². The van der Waals surface area contributed by atoms with E-state index in [-0.39, 0.29) is 23.7 Å². The van der Waals surface area contributed by atoms with E-state index in [4.69, 9.17) is 14.0 Å². The van der Waals surface area contributed by atoms with E-state index in [2.05, 4.69) is 93.3 Å². The third-order valence-corrected chi connectivity index (χ3v) is 8.23. The largest absolute Gasteiger partial charge is 0.463 e. The van der Waals surface area contributed by atoms with Gasteiger partial charge in [0.15, 0.2) is 0 Å². The van der Waals surface area contributed by atoms with Crippen LogP contribution in [0.15, 0.2) is 60.7 Å². The van der Waals surface area contributed by atoms with Gasteiger partial charge in [-0.3, -0.25) is 4.90 Å². The molecule has 0 amide bonds. The molecule has 5 heteroatoms. The first-order valence-electron chi connectivity index (χ1n) is 12.0. The standard InChI is InChI=1S/C27H36BNO3/c1-25(2)26(3,4)32-28(31-25)24-18-29(17-21-11-7-5-8-12-21)20-27(24)15-23(16-27)30-19-22-13-9-6-10-14-22/h5-14,23-24H,15-20H2,1-4H3. The van der Waals surface area contributed by atoms with Crippen molar-refractivity contribution in [1.82, 2.24) is 4.90 Å². The van der Waals surface area contributed by atoms with Crippen LogP contribution in [0.2, 0.25) is 5.82 Å². The van der Waals surface area contributed by atoms with Gasteiger partial charge in [0.1, 0.15) is 0 Å². The lowest BCUT2D eigenvalue weighted by atomic mass is 9.50. The second-order valence-corrected chi connectivity index (χ2v) is 11.1. The third-order valence-electron chi connectivity index (χ3n) is 8.23. The highest BCUT2D eigenvalue weighted by Gasteiger charge is 2.64. The zero-order valence-corrected chi connectivity index (χ0v) is 19.9. The Labute approximate surface area is 193 Å². The molecular weight excluding hydrogens is 397 g/mol. The van der Waals surface area contributed by atoms with Gasteiger partial charge in [0, 0.05) is 25.5 Å². The smallest absolute Gasteiger partial charge is 0.403 e. The second kappa shape index (κ2) is 8.29. The summed E-state index contributed by atoms with van der Waals surface area (Å²) in [5, 5.41) is 0. The zero-order valence-electron chi connectivity index (χ0n) is 19.9. The van der Waals surface area contributed by atoms with Gasteiger partial charge in [-0.25, -0.2) is 0 Å². The van der Waals surface area contributed by atoms with Crippen molar-refractivity contribution in [2.24, 2.45) is 5.41 Å². The van der Waals surface area contributed by atoms with E-state index in [0.29, 0.717) is 18.5 Å². The van der Waals surface area contributed by atoms with E-state index >= 15 is 0 Å². The van der Waals surface area contributed by atoms with Crippen LogP contribution < -0.4 is 0 Å². The van der Waals surface area contributed by atoms with Gasteiger partial charge in [0.05, 0.1) is 23.9 Å². The molecule has 3 fully saturated rings. The molecule has 2 aromatic rings. The fraction of sp³-hybridized carbons (Fsp3) is 0.556. The fourth-order valence-corrected chi connectivity index (χ4v) is 5.67. The Hall–Kier alpha value is -1.66. The molecule has 0 N–H and O–H groups in total. The number of ether oxygens (including phenoxy) is 1. The highest BCUT2D eigenvalue weighted by Crippen LogP contribution is 2.59. The quantitative estimate of drug-likeness (QED) is 0.577. The number of rotatable bonds is 6. The summed E-state index contributed by atoms with van der Waals surface area (Å²) in [6, 6.07) is 21.3. The predicted molar refractivity (Wildman–Crippen MR) is 128 cm³/mol. The highest BCUT2D eigenvalue weighted by molar-refractivity contribution is 6.48. The molecule has 0 radical (unpaired) electrons. The predicted octanol–water partition coefficient (Wildman–Crippen LogP) is 5.33. The summed E-state index contributed by atoms with van der Waals surface area (Å²) in [4.78, 5) is 2.60. The minimum atomic E-state index is -0.293. The van der Waals surface area contributed by atoms with Crippen LogP contribution >= 0.6 is 0 Å². The molecule has 4 nitrogen and oxygen atoms in total. The van der Waals surface area contributed by atoms with Crippen molar-refractivity contribution in [3.05, 3.63) is 71.8 Å². The normalized spacial score (nSPS) is 31.2. The number of nitrogens with zero attached hydrogens (tertiary/aromatic N) is 1. The lowest BCUT2D eigenvalue weighted by Crippen LogP contribution is -2.50. The van der Waals surface area contributed by atoms with Gasteiger partial charge in [0.25, 0.3) is 0 Å². The van der Waals surface area contributed by atoms with E-state index in [1.165, 1.54) is 11.1 Å². The first-order chi connectivity index (χ1) is 15.3. The lowest BCUT2D eigenvalue weighted by molar-refractivity contribution is -0.0861. The number of hydrogen-bond donors (Lipinski definition) is 0. The maximum atomic E-state index is 6.55. The molecule has 2 aliphatic heterocycles. The van der Waals surface area contributed by atoms with Gasteiger partial charge in [-0.1, -0.05) is 60.7 Å². The first-order valence-corrected chi connectivity index (χ1v) is 12.0. The van der Waals surface area contributed by atoms with E-state index in [1.54, 1.807) is 0 Å². The maximum Gasteiger partial charge on any atom is 0.463 e. The summed E-state index contributed by atoms with van der Waals surface area (Å²) in [5.41, 5.74) is 2.23. The van der Waals surface area contributed by atoms with Gasteiger partial charge < -0.3 is 14.0 Å². The molecule has 32 heavy (non-hydrogen) atoms. The molecule has 1 unspecified atom stereocenters. The van der Waals surface area contributed by atoms with Gasteiger partial charge >= 0.3 is 7.12 Å². The lowest BCUT2D eigenvalue weighted by Gasteiger charge is -2.48. The summed E-state index contributed by atoms with van der Waals surface area (Å²) < 4.78 is 19.4. The van der Waals surface area contributed by atoms with Crippen molar-refractivity contribution in [2.45, 2.75) is 76.8 Å². The topological polar surface area (TPSA) is 30.9 Å². The molecule has 2 aromatic carbocycles. The second-order valence-electron chi connectivity index (χ2n) is 11.1. The molecule has 1 spiro atoms. The van der Waals surface area contributed by atoms with E-state index in [9.17, 15) is 0 Å². The molecule has 1 aliphatic carbocycles. The van der Waals surface area contributed by atoms with E-state index in [0.717, 1.165) is 32.5 Å². The number of hydrogen-bond acceptors (Lipinski definition) is 4. The molecule has 2 heterocycles. The summed E-state index contributed by atoms with van der Waals surface area (Å²) in [5.74, 6) is 0.365. The Kier molecular flexibility index (Phi) is 5.74. The SMILES string of the molecule is CC1(C)OB(C2CN(Cc3ccccc3)CC23CC(OCc2ccccc2)C3)OC1(C)C. The molecule has 1 atom stereocenters. The minimum Gasteiger partial charge on any atom is -0.403 e. The Balaban J connectivity index is 1.29. The van der Waals surface area contributed by atoms with Crippen LogP contribution in [0.1, 0.15) is 51.7 Å². The molecule has 2 saturated heterocycles. The minimum absolute atomic E-state index is 0.157. The summed E-state index contributed by atoms with van der Waals surface area (Å²) in [7, 11) is -0.157. The number of benzene rings is 2. The van der Waals surface area contributed by atoms with Crippen LogP contribution in [0.3, 0.4) is 0 Å². The average Bonchev–Trinajstić information content (AvgIpc) is 3.21. The van der Waals surface area contributed by atoms with Crippen molar-refractivity contribution < 1.29 is 14.0 Å². The van der Waals surface area contributed by atoms with E-state index < -0.39 is 0 Å². The van der Waals surface area contributed by atoms with Gasteiger partial charge in [-0.15, -0.1) is 0 Å². The molecule has 170 valence electrons. The molecule has 0 bridgehead atoms. The number of likely N-dealkylation sites (tertiary alicyclic amines) is 1. The Morgan fingerprint density at radius 1 is 0.875 bits per heavy atom. The Bertz CT molecular complexity index is 895. The van der Waals surface area contributed by atoms with Crippen molar-refractivity contribution in [2.75, 3.05) is 13.1 Å². The van der Waals surface area contributed by atoms with Crippen molar-refractivity contribution in [1.29, 1.82) is 0 Å². The van der Waals surface area contributed by atoms with E-state index in [1.807, 2.05) is 0 Å². The van der Waals surface area contributed by atoms with Crippen LogP contribution in [0, 0.1) is 5.41 Å². The van der Waals surface area contributed by atoms with Gasteiger partial charge in [-0.2, -0.15) is 0 Å². The van der Waals surface area contributed by atoms with Crippen LogP contribution in [-0.4, -0.2) is 42.4 Å². The zero-order chi connectivity index (χ0) is 22.4. The molecule has 3 aliphatic rings. The molecular formula is C27H36BNO3. The van der Waals surface area contributed by atoms with Crippen molar-refractivity contribution >= 4 is 7.12 Å². The fourth-order valence-electron chi connectivity index (χ4n) is 5.67. The van der Waals surface area contributed by atoms with Crippen LogP contribution in [0.25, 0.3) is 0 Å². The van der Waals surface area contributed by atoms with Gasteiger partial charge in [-0.05, 0) is 57.1 Å². The molecule has 0 aromatic heterocycles. The van der Waals surface area contributed by atoms with Gasteiger partial charge in [0.2, 0.25) is 0 Å². The summed E-state index contributed by atoms with van der Waals surface area (Å²) >= 11 is 0.